The van der Waals surface area contributed by atoms with Crippen LogP contribution in [-0.2, 0) is 29.6 Å². The molecule has 0 bridgehead atoms. The van der Waals surface area contributed by atoms with E-state index < -0.39 is 0 Å². The Morgan fingerprint density at radius 1 is 1.28 bits per heavy atom. The second-order valence-electron chi connectivity index (χ2n) is 6.17. The monoisotopic (exact) mass is 335 g/mol. The topological polar surface area (TPSA) is 73.2 Å². The maximum Gasteiger partial charge on any atom is 0.338 e. The van der Waals surface area contributed by atoms with E-state index in [2.05, 4.69) is 10.3 Å². The van der Waals surface area contributed by atoms with Crippen LogP contribution in [-0.4, -0.2) is 21.4 Å². The lowest BCUT2D eigenvalue weighted by Crippen LogP contribution is -2.12. The summed E-state index contributed by atoms with van der Waals surface area (Å²) in [7, 11) is 1.96. The summed E-state index contributed by atoms with van der Waals surface area (Å²) in [5.41, 5.74) is 5.15. The Hall–Kier alpha value is -3.15. The molecule has 0 fully saturated rings. The normalized spacial score (nSPS) is 12.9. The zero-order chi connectivity index (χ0) is 17.4. The number of carbonyl (C=O) groups is 2. The number of nitrogens with one attached hydrogen (secondary N) is 1. The molecule has 0 unspecified atom stereocenters. The number of amides is 1. The number of imidazole rings is 1. The van der Waals surface area contributed by atoms with Gasteiger partial charge in [0.15, 0.2) is 0 Å². The van der Waals surface area contributed by atoms with E-state index in [4.69, 9.17) is 4.74 Å². The summed E-state index contributed by atoms with van der Waals surface area (Å²) in [6, 6.07) is 11.3. The highest BCUT2D eigenvalue weighted by molar-refractivity contribution is 5.95. The molecule has 6 nitrogen and oxygen atoms in total. The van der Waals surface area contributed by atoms with Crippen molar-refractivity contribution in [2.75, 3.05) is 5.32 Å². The fraction of sp³-hybridized carbons (Fsp3) is 0.211. The van der Waals surface area contributed by atoms with E-state index in [0.29, 0.717) is 24.1 Å². The number of carbonyl (C=O) groups excluding carboxylic acids is 2. The zero-order valence-electron chi connectivity index (χ0n) is 13.8. The fourth-order valence-corrected chi connectivity index (χ4v) is 3.03. The van der Waals surface area contributed by atoms with Crippen molar-refractivity contribution in [3.63, 3.8) is 0 Å². The molecule has 1 N–H and O–H groups in total. The summed E-state index contributed by atoms with van der Waals surface area (Å²) < 4.78 is 6.93. The lowest BCUT2D eigenvalue weighted by molar-refractivity contribution is -0.116. The number of aromatic nitrogens is 2. The summed E-state index contributed by atoms with van der Waals surface area (Å²) >= 11 is 0. The predicted octanol–water partition coefficient (Wildman–Crippen LogP) is 2.82. The average Bonchev–Trinajstić information content (AvgIpc) is 3.16. The van der Waals surface area contributed by atoms with Crippen LogP contribution in [0.15, 0.2) is 42.7 Å². The number of cyclic esters (lactones) is 1. The Balaban J connectivity index is 1.39. The molecule has 3 aromatic rings. The number of esters is 1. The van der Waals surface area contributed by atoms with Crippen molar-refractivity contribution in [2.45, 2.75) is 19.4 Å². The summed E-state index contributed by atoms with van der Waals surface area (Å²) in [5, 5.41) is 2.87. The van der Waals surface area contributed by atoms with E-state index in [1.807, 2.05) is 29.8 Å². The van der Waals surface area contributed by atoms with Crippen LogP contribution in [0.2, 0.25) is 0 Å². The Labute approximate surface area is 144 Å². The van der Waals surface area contributed by atoms with Gasteiger partial charge in [-0.25, -0.2) is 9.78 Å². The van der Waals surface area contributed by atoms with Gasteiger partial charge in [-0.3, -0.25) is 4.79 Å². The standard InChI is InChI=1S/C19H17N3O3/c1-22-11-20-16-8-12(2-6-17(16)22)3-7-18(23)21-14-4-5-15-13(9-14)10-25-19(15)24/h2,4-6,8-9,11H,3,7,10H2,1H3,(H,21,23). The second kappa shape index (κ2) is 6.05. The fourth-order valence-electron chi connectivity index (χ4n) is 3.03. The molecule has 0 aliphatic carbocycles. The van der Waals surface area contributed by atoms with E-state index in [-0.39, 0.29) is 18.5 Å². The average molecular weight is 335 g/mol. The zero-order valence-corrected chi connectivity index (χ0v) is 13.8. The van der Waals surface area contributed by atoms with Gasteiger partial charge in [-0.05, 0) is 42.3 Å². The summed E-state index contributed by atoms with van der Waals surface area (Å²) in [6.07, 6.45) is 2.80. The molecular weight excluding hydrogens is 318 g/mol. The molecule has 0 atom stereocenters. The second-order valence-corrected chi connectivity index (χ2v) is 6.17. The number of ether oxygens (including phenoxy) is 1. The van der Waals surface area contributed by atoms with Crippen molar-refractivity contribution in [1.29, 1.82) is 0 Å². The van der Waals surface area contributed by atoms with Gasteiger partial charge in [0, 0.05) is 24.7 Å². The molecule has 2 heterocycles. The van der Waals surface area contributed by atoms with Crippen molar-refractivity contribution in [2.24, 2.45) is 7.05 Å². The minimum Gasteiger partial charge on any atom is -0.457 e. The Morgan fingerprint density at radius 3 is 3.04 bits per heavy atom. The third-order valence-corrected chi connectivity index (χ3v) is 4.40. The van der Waals surface area contributed by atoms with Crippen LogP contribution in [0.5, 0.6) is 0 Å². The molecular formula is C19H17N3O3. The third kappa shape index (κ3) is 2.98. The van der Waals surface area contributed by atoms with Crippen molar-refractivity contribution in [1.82, 2.24) is 9.55 Å². The van der Waals surface area contributed by atoms with E-state index in [0.717, 1.165) is 22.2 Å². The molecule has 1 aliphatic heterocycles. The highest BCUT2D eigenvalue weighted by Crippen LogP contribution is 2.23. The molecule has 1 aromatic heterocycles. The lowest BCUT2D eigenvalue weighted by Gasteiger charge is -2.07. The number of hydrogen-bond acceptors (Lipinski definition) is 4. The van der Waals surface area contributed by atoms with E-state index in [1.54, 1.807) is 24.5 Å². The van der Waals surface area contributed by atoms with E-state index in [9.17, 15) is 9.59 Å². The Morgan fingerprint density at radius 2 is 2.16 bits per heavy atom. The smallest absolute Gasteiger partial charge is 0.338 e. The van der Waals surface area contributed by atoms with Gasteiger partial charge in [0.05, 0.1) is 22.9 Å². The van der Waals surface area contributed by atoms with Gasteiger partial charge in [-0.15, -0.1) is 0 Å². The third-order valence-electron chi connectivity index (χ3n) is 4.40. The van der Waals surface area contributed by atoms with E-state index in [1.165, 1.54) is 0 Å². The number of anilines is 1. The van der Waals surface area contributed by atoms with Gasteiger partial charge in [0.2, 0.25) is 5.91 Å². The van der Waals surface area contributed by atoms with Gasteiger partial charge in [0.25, 0.3) is 0 Å². The van der Waals surface area contributed by atoms with Crippen molar-refractivity contribution < 1.29 is 14.3 Å². The first-order valence-electron chi connectivity index (χ1n) is 8.10. The van der Waals surface area contributed by atoms with Crippen molar-refractivity contribution in [3.8, 4) is 0 Å². The molecule has 0 saturated carbocycles. The lowest BCUT2D eigenvalue weighted by atomic mass is 10.1. The Kier molecular flexibility index (Phi) is 3.72. The first kappa shape index (κ1) is 15.4. The maximum absolute atomic E-state index is 12.2. The first-order chi connectivity index (χ1) is 12.1. The maximum atomic E-state index is 12.2. The summed E-state index contributed by atoms with van der Waals surface area (Å²) in [6.45, 7) is 0.266. The predicted molar refractivity (Wildman–Crippen MR) is 93.2 cm³/mol. The molecule has 25 heavy (non-hydrogen) atoms. The molecule has 1 amide bonds. The number of fused-ring (bicyclic) bond motifs is 2. The van der Waals surface area contributed by atoms with Gasteiger partial charge in [-0.2, -0.15) is 0 Å². The molecule has 0 radical (unpaired) electrons. The molecule has 4 rings (SSSR count). The van der Waals surface area contributed by atoms with Crippen molar-refractivity contribution >= 4 is 28.6 Å². The quantitative estimate of drug-likeness (QED) is 0.744. The van der Waals surface area contributed by atoms with Crippen LogP contribution < -0.4 is 5.32 Å². The summed E-state index contributed by atoms with van der Waals surface area (Å²) in [5.74, 6) is -0.371. The number of aryl methyl sites for hydroxylation is 2. The van der Waals surface area contributed by atoms with Crippen LogP contribution in [0.25, 0.3) is 11.0 Å². The molecule has 2 aromatic carbocycles. The summed E-state index contributed by atoms with van der Waals surface area (Å²) in [4.78, 5) is 28.0. The van der Waals surface area contributed by atoms with Gasteiger partial charge in [-0.1, -0.05) is 6.07 Å². The largest absolute Gasteiger partial charge is 0.457 e. The minimum atomic E-state index is -0.308. The number of nitrogens with zero attached hydrogens (tertiary/aromatic N) is 2. The van der Waals surface area contributed by atoms with Gasteiger partial charge < -0.3 is 14.6 Å². The van der Waals surface area contributed by atoms with Crippen LogP contribution in [0.1, 0.15) is 27.9 Å². The number of rotatable bonds is 4. The Bertz CT molecular complexity index is 991. The molecule has 6 heteroatoms. The molecule has 0 spiro atoms. The highest BCUT2D eigenvalue weighted by atomic mass is 16.5. The van der Waals surface area contributed by atoms with Crippen LogP contribution in [0, 0.1) is 0 Å². The van der Waals surface area contributed by atoms with Crippen molar-refractivity contribution in [3.05, 3.63) is 59.4 Å². The van der Waals surface area contributed by atoms with Crippen LogP contribution >= 0.6 is 0 Å². The number of hydrogen-bond donors (Lipinski definition) is 1. The highest BCUT2D eigenvalue weighted by Gasteiger charge is 2.21. The van der Waals surface area contributed by atoms with E-state index >= 15 is 0 Å². The SMILES string of the molecule is Cn1cnc2cc(CCC(=O)Nc3ccc4c(c3)COC4=O)ccc21. The van der Waals surface area contributed by atoms with Crippen LogP contribution in [0.4, 0.5) is 5.69 Å². The molecule has 126 valence electrons. The first-order valence-corrected chi connectivity index (χ1v) is 8.10. The molecule has 1 aliphatic rings. The van der Waals surface area contributed by atoms with Crippen LogP contribution in [0.3, 0.4) is 0 Å². The van der Waals surface area contributed by atoms with Gasteiger partial charge in [0.1, 0.15) is 6.61 Å². The van der Waals surface area contributed by atoms with Gasteiger partial charge >= 0.3 is 5.97 Å². The molecule has 0 saturated heterocycles. The minimum absolute atomic E-state index is 0.0636. The number of benzene rings is 2.